The molecule has 0 N–H and O–H groups in total. The minimum absolute atomic E-state index is 0.0131. The Hall–Kier alpha value is -1.56. The number of carbonyl (C=O) groups is 2. The maximum Gasteiger partial charge on any atom is 0.337 e. The maximum absolute atomic E-state index is 12.4. The van der Waals surface area contributed by atoms with E-state index in [0.29, 0.717) is 30.6 Å². The van der Waals surface area contributed by atoms with Gasteiger partial charge in [0, 0.05) is 6.42 Å². The van der Waals surface area contributed by atoms with Gasteiger partial charge in [-0.25, -0.2) is 4.79 Å². The Morgan fingerprint density at radius 3 is 2.28 bits per heavy atom. The minimum Gasteiger partial charge on any atom is -0.546 e. The second kappa shape index (κ2) is 7.77. The molecule has 0 heterocycles. The Labute approximate surface area is 152 Å². The molecule has 0 aromatic rings. The molecule has 1 rings (SSSR count). The molecule has 0 bridgehead atoms. The average molecular weight is 369 g/mol. The van der Waals surface area contributed by atoms with Gasteiger partial charge < -0.3 is 13.9 Å². The predicted octanol–water partition coefficient (Wildman–Crippen LogP) is 4.35. The molecule has 1 atom stereocenters. The van der Waals surface area contributed by atoms with Gasteiger partial charge in [-0.15, -0.1) is 6.58 Å². The van der Waals surface area contributed by atoms with E-state index >= 15 is 0 Å². The van der Waals surface area contributed by atoms with Crippen molar-refractivity contribution in [1.29, 1.82) is 0 Å². The van der Waals surface area contributed by atoms with Crippen molar-refractivity contribution in [1.82, 2.24) is 0 Å². The standard InChI is InChI=1S/C19H32O5Si/c1-9-11-19(17(21)23-6)12-10-15(14(13-19)16(20)22-5)24-25(7,8)18(2,3)4/h9H,1,10-13H2,2-8H3. The third-order valence-corrected chi connectivity index (χ3v) is 9.82. The topological polar surface area (TPSA) is 61.8 Å². The molecule has 0 aliphatic heterocycles. The van der Waals surface area contributed by atoms with Gasteiger partial charge in [0.1, 0.15) is 0 Å². The second-order valence-corrected chi connectivity index (χ2v) is 12.9. The fraction of sp³-hybridized carbons (Fsp3) is 0.684. The highest BCUT2D eigenvalue weighted by atomic mass is 28.4. The lowest BCUT2D eigenvalue weighted by Crippen LogP contribution is -2.43. The van der Waals surface area contributed by atoms with Gasteiger partial charge in [-0.05, 0) is 37.4 Å². The summed E-state index contributed by atoms with van der Waals surface area (Å²) in [5.41, 5.74) is -0.328. The number of hydrogen-bond acceptors (Lipinski definition) is 5. The molecule has 1 aliphatic rings. The first-order valence-electron chi connectivity index (χ1n) is 8.63. The minimum atomic E-state index is -2.10. The molecule has 0 amide bonds. The van der Waals surface area contributed by atoms with Crippen molar-refractivity contribution in [3.05, 3.63) is 24.0 Å². The lowest BCUT2D eigenvalue weighted by atomic mass is 9.71. The molecule has 0 radical (unpaired) electrons. The van der Waals surface area contributed by atoms with Crippen LogP contribution >= 0.6 is 0 Å². The molecule has 5 nitrogen and oxygen atoms in total. The Bertz CT molecular complexity index is 571. The quantitative estimate of drug-likeness (QED) is 0.396. The monoisotopic (exact) mass is 368 g/mol. The largest absolute Gasteiger partial charge is 0.546 e. The van der Waals surface area contributed by atoms with Crippen LogP contribution in [0.2, 0.25) is 18.1 Å². The van der Waals surface area contributed by atoms with E-state index in [9.17, 15) is 9.59 Å². The summed E-state index contributed by atoms with van der Waals surface area (Å²) in [5.74, 6) is -0.0899. The van der Waals surface area contributed by atoms with Gasteiger partial charge in [0.05, 0.1) is 31.0 Å². The van der Waals surface area contributed by atoms with E-state index in [2.05, 4.69) is 40.4 Å². The first-order valence-corrected chi connectivity index (χ1v) is 11.5. The third kappa shape index (κ3) is 4.54. The summed E-state index contributed by atoms with van der Waals surface area (Å²) >= 11 is 0. The van der Waals surface area contributed by atoms with Gasteiger partial charge in [0.15, 0.2) is 0 Å². The van der Waals surface area contributed by atoms with Crippen LogP contribution in [0.3, 0.4) is 0 Å². The van der Waals surface area contributed by atoms with E-state index in [1.165, 1.54) is 14.2 Å². The molecule has 0 fully saturated rings. The van der Waals surface area contributed by atoms with Crippen molar-refractivity contribution in [2.45, 2.75) is 64.6 Å². The number of methoxy groups -OCH3 is 2. The lowest BCUT2D eigenvalue weighted by molar-refractivity contribution is -0.154. The van der Waals surface area contributed by atoms with Gasteiger partial charge in [-0.2, -0.15) is 0 Å². The summed E-state index contributed by atoms with van der Waals surface area (Å²) in [6.45, 7) is 14.5. The van der Waals surface area contributed by atoms with Crippen LogP contribution in [-0.4, -0.2) is 34.5 Å². The first-order chi connectivity index (χ1) is 11.4. The van der Waals surface area contributed by atoms with E-state index in [1.807, 2.05) is 0 Å². The Morgan fingerprint density at radius 1 is 1.24 bits per heavy atom. The van der Waals surface area contributed by atoms with Gasteiger partial charge in [-0.1, -0.05) is 26.8 Å². The fourth-order valence-corrected chi connectivity index (χ4v) is 3.98. The molecule has 0 aromatic carbocycles. The molecule has 0 aromatic heterocycles. The maximum atomic E-state index is 12.4. The Kier molecular flexibility index (Phi) is 6.67. The van der Waals surface area contributed by atoms with Gasteiger partial charge in [0.25, 0.3) is 0 Å². The molecule has 0 saturated carbocycles. The average Bonchev–Trinajstić information content (AvgIpc) is 2.53. The smallest absolute Gasteiger partial charge is 0.337 e. The highest BCUT2D eigenvalue weighted by Gasteiger charge is 2.47. The van der Waals surface area contributed by atoms with Crippen molar-refractivity contribution < 1.29 is 23.5 Å². The summed E-state index contributed by atoms with van der Waals surface area (Å²) in [7, 11) is 0.625. The summed E-state index contributed by atoms with van der Waals surface area (Å²) in [4.78, 5) is 24.8. The number of hydrogen-bond donors (Lipinski definition) is 0. The second-order valence-electron chi connectivity index (χ2n) is 8.20. The van der Waals surface area contributed by atoms with E-state index in [0.717, 1.165) is 0 Å². The molecular weight excluding hydrogens is 336 g/mol. The third-order valence-electron chi connectivity index (χ3n) is 5.45. The van der Waals surface area contributed by atoms with Crippen LogP contribution in [0.1, 0.15) is 46.5 Å². The van der Waals surface area contributed by atoms with Gasteiger partial charge in [-0.3, -0.25) is 4.79 Å². The van der Waals surface area contributed by atoms with Crippen LogP contribution in [0.4, 0.5) is 0 Å². The molecule has 0 saturated heterocycles. The SMILES string of the molecule is C=CCC1(C(=O)OC)CCC(O[Si](C)(C)C(C)(C)C)=C(C(=O)OC)C1. The number of allylic oxidation sites excluding steroid dienone is 2. The Morgan fingerprint density at radius 2 is 1.84 bits per heavy atom. The van der Waals surface area contributed by atoms with Crippen molar-refractivity contribution >= 4 is 20.3 Å². The summed E-state index contributed by atoms with van der Waals surface area (Å²) in [5, 5.41) is 0.0131. The highest BCUT2D eigenvalue weighted by molar-refractivity contribution is 6.74. The van der Waals surface area contributed by atoms with E-state index in [1.54, 1.807) is 6.08 Å². The van der Waals surface area contributed by atoms with Crippen LogP contribution in [0.25, 0.3) is 0 Å². The van der Waals surface area contributed by atoms with Gasteiger partial charge >= 0.3 is 11.9 Å². The zero-order chi connectivity index (χ0) is 19.5. The van der Waals surface area contributed by atoms with Crippen molar-refractivity contribution in [2.75, 3.05) is 14.2 Å². The molecule has 1 unspecified atom stereocenters. The number of esters is 2. The summed E-state index contributed by atoms with van der Waals surface area (Å²) in [6.07, 6.45) is 3.48. The summed E-state index contributed by atoms with van der Waals surface area (Å²) in [6, 6.07) is 0. The first kappa shape index (κ1) is 21.5. The lowest BCUT2D eigenvalue weighted by Gasteiger charge is -2.41. The van der Waals surface area contributed by atoms with Gasteiger partial charge in [0.2, 0.25) is 8.32 Å². The zero-order valence-corrected chi connectivity index (χ0v) is 17.7. The van der Waals surface area contributed by atoms with Crippen LogP contribution in [0, 0.1) is 5.41 Å². The molecule has 6 heteroatoms. The van der Waals surface area contributed by atoms with E-state index in [4.69, 9.17) is 13.9 Å². The molecule has 0 spiro atoms. The molecule has 25 heavy (non-hydrogen) atoms. The molecule has 142 valence electrons. The van der Waals surface area contributed by atoms with E-state index < -0.39 is 19.7 Å². The van der Waals surface area contributed by atoms with Crippen molar-refractivity contribution in [3.8, 4) is 0 Å². The fourth-order valence-electron chi connectivity index (χ4n) is 2.84. The number of rotatable bonds is 6. The van der Waals surface area contributed by atoms with Crippen LogP contribution in [0.15, 0.2) is 24.0 Å². The number of carbonyl (C=O) groups excluding carboxylic acids is 2. The summed E-state index contributed by atoms with van der Waals surface area (Å²) < 4.78 is 16.4. The van der Waals surface area contributed by atoms with E-state index in [-0.39, 0.29) is 17.4 Å². The predicted molar refractivity (Wildman–Crippen MR) is 100 cm³/mol. The van der Waals surface area contributed by atoms with Crippen LogP contribution in [0.5, 0.6) is 0 Å². The molecule has 1 aliphatic carbocycles. The Balaban J connectivity index is 3.32. The van der Waals surface area contributed by atoms with Crippen molar-refractivity contribution in [2.24, 2.45) is 5.41 Å². The van der Waals surface area contributed by atoms with Crippen LogP contribution in [-0.2, 0) is 23.5 Å². The molecular formula is C19H32O5Si. The van der Waals surface area contributed by atoms with Crippen LogP contribution < -0.4 is 0 Å². The normalized spacial score (nSPS) is 21.6. The highest BCUT2D eigenvalue weighted by Crippen LogP contribution is 2.46. The number of ether oxygens (including phenoxy) is 2. The van der Waals surface area contributed by atoms with Crippen molar-refractivity contribution in [3.63, 3.8) is 0 Å². The zero-order valence-electron chi connectivity index (χ0n) is 16.7.